The second-order valence-electron chi connectivity index (χ2n) is 7.36. The van der Waals surface area contributed by atoms with Crippen LogP contribution in [-0.4, -0.2) is 38.8 Å². The van der Waals surface area contributed by atoms with Crippen LogP contribution in [0, 0.1) is 12.8 Å². The molecule has 0 unspecified atom stereocenters. The summed E-state index contributed by atoms with van der Waals surface area (Å²) in [5.74, 6) is 1.29. The summed E-state index contributed by atoms with van der Waals surface area (Å²) in [4.78, 5) is 12.0. The first kappa shape index (κ1) is 20.4. The summed E-state index contributed by atoms with van der Waals surface area (Å²) < 4.78 is 11.0. The highest BCUT2D eigenvalue weighted by atomic mass is 16.5. The monoisotopic (exact) mass is 382 g/mol. The molecule has 0 aliphatic carbocycles. The molecule has 1 aliphatic rings. The Bertz CT molecular complexity index is 723. The van der Waals surface area contributed by atoms with Crippen molar-refractivity contribution < 1.29 is 14.3 Å². The lowest BCUT2D eigenvalue weighted by Crippen LogP contribution is -2.29. The van der Waals surface area contributed by atoms with Gasteiger partial charge in [0.15, 0.2) is 6.61 Å². The van der Waals surface area contributed by atoms with E-state index in [0.717, 1.165) is 62.7 Å². The molecule has 2 N–H and O–H groups in total. The number of carbonyl (C=O) groups excluding carboxylic acids is 1. The van der Waals surface area contributed by atoms with Gasteiger partial charge >= 0.3 is 0 Å². The highest BCUT2D eigenvalue weighted by Crippen LogP contribution is 2.15. The first-order valence-corrected chi connectivity index (χ1v) is 10.1. The molecule has 2 aromatic carbocycles. The predicted octanol–water partition coefficient (Wildman–Crippen LogP) is 3.57. The second kappa shape index (κ2) is 10.8. The number of hydrogen-bond acceptors (Lipinski definition) is 4. The van der Waals surface area contributed by atoms with E-state index in [1.807, 2.05) is 43.3 Å². The molecule has 0 spiro atoms. The van der Waals surface area contributed by atoms with Crippen molar-refractivity contribution in [1.29, 1.82) is 0 Å². The number of rotatable bonds is 9. The minimum absolute atomic E-state index is 0.000118. The zero-order chi connectivity index (χ0) is 19.6. The zero-order valence-electron chi connectivity index (χ0n) is 16.6. The highest BCUT2D eigenvalue weighted by Gasteiger charge is 2.12. The molecule has 3 rings (SSSR count). The largest absolute Gasteiger partial charge is 0.484 e. The van der Waals surface area contributed by atoms with Gasteiger partial charge in [0, 0.05) is 18.9 Å². The van der Waals surface area contributed by atoms with E-state index in [9.17, 15) is 4.79 Å². The molecule has 0 aromatic heterocycles. The van der Waals surface area contributed by atoms with Crippen molar-refractivity contribution in [2.45, 2.75) is 26.2 Å². The van der Waals surface area contributed by atoms with E-state index >= 15 is 0 Å². The minimum Gasteiger partial charge on any atom is -0.484 e. The summed E-state index contributed by atoms with van der Waals surface area (Å²) in [6.07, 6.45) is 3.31. The topological polar surface area (TPSA) is 59.6 Å². The fraction of sp³-hybridized carbons (Fsp3) is 0.435. The van der Waals surface area contributed by atoms with Crippen LogP contribution in [-0.2, 0) is 16.0 Å². The lowest BCUT2D eigenvalue weighted by atomic mass is 10.0. The normalized spacial score (nSPS) is 14.6. The van der Waals surface area contributed by atoms with Crippen molar-refractivity contribution in [1.82, 2.24) is 5.32 Å². The number of benzene rings is 2. The molecule has 1 aliphatic heterocycles. The Hall–Kier alpha value is -2.37. The first-order chi connectivity index (χ1) is 13.7. The smallest absolute Gasteiger partial charge is 0.262 e. The number of nitrogens with one attached hydrogen (secondary N) is 2. The Morgan fingerprint density at radius 2 is 1.79 bits per heavy atom. The summed E-state index contributed by atoms with van der Waals surface area (Å²) in [7, 11) is 0. The average Bonchev–Trinajstić information content (AvgIpc) is 2.73. The summed E-state index contributed by atoms with van der Waals surface area (Å²) in [5.41, 5.74) is 3.20. The number of ether oxygens (including phenoxy) is 2. The Kier molecular flexibility index (Phi) is 7.88. The van der Waals surface area contributed by atoms with E-state index in [-0.39, 0.29) is 12.5 Å². The van der Waals surface area contributed by atoms with Gasteiger partial charge in [0.2, 0.25) is 0 Å². The van der Waals surface area contributed by atoms with Crippen molar-refractivity contribution in [3.63, 3.8) is 0 Å². The quantitative estimate of drug-likeness (QED) is 0.651. The van der Waals surface area contributed by atoms with E-state index in [4.69, 9.17) is 9.47 Å². The molecule has 5 nitrogen and oxygen atoms in total. The summed E-state index contributed by atoms with van der Waals surface area (Å²) in [6, 6.07) is 15.7. The van der Waals surface area contributed by atoms with E-state index in [1.165, 1.54) is 5.56 Å². The van der Waals surface area contributed by atoms with Crippen LogP contribution in [0.5, 0.6) is 5.75 Å². The van der Waals surface area contributed by atoms with Crippen molar-refractivity contribution in [3.05, 3.63) is 59.7 Å². The molecule has 28 heavy (non-hydrogen) atoms. The second-order valence-corrected chi connectivity index (χ2v) is 7.36. The molecule has 2 aromatic rings. The van der Waals surface area contributed by atoms with Crippen LogP contribution >= 0.6 is 0 Å². The Balaban J connectivity index is 1.33. The fourth-order valence-corrected chi connectivity index (χ4v) is 3.22. The number of aryl methyl sites for hydroxylation is 1. The lowest BCUT2D eigenvalue weighted by Gasteiger charge is -2.22. The molecule has 1 saturated heterocycles. The summed E-state index contributed by atoms with van der Waals surface area (Å²) >= 11 is 0. The van der Waals surface area contributed by atoms with Gasteiger partial charge in [0.25, 0.3) is 5.91 Å². The molecule has 1 amide bonds. The first-order valence-electron chi connectivity index (χ1n) is 10.1. The number of amides is 1. The van der Waals surface area contributed by atoms with Gasteiger partial charge < -0.3 is 20.1 Å². The van der Waals surface area contributed by atoms with Gasteiger partial charge in [0.1, 0.15) is 5.75 Å². The summed E-state index contributed by atoms with van der Waals surface area (Å²) in [6.45, 7) is 5.85. The van der Waals surface area contributed by atoms with Gasteiger partial charge in [-0.3, -0.25) is 4.79 Å². The molecule has 0 radical (unpaired) electrons. The van der Waals surface area contributed by atoms with Gasteiger partial charge in [0.05, 0.1) is 0 Å². The maximum atomic E-state index is 12.0. The SMILES string of the molecule is Cc1ccc(NC(=O)COc2ccc(CCNCC3CCOCC3)cc2)cc1. The minimum atomic E-state index is -0.162. The van der Waals surface area contributed by atoms with Crippen molar-refractivity contribution in [2.24, 2.45) is 5.92 Å². The average molecular weight is 383 g/mol. The predicted molar refractivity (Wildman–Crippen MR) is 112 cm³/mol. The third kappa shape index (κ3) is 6.98. The van der Waals surface area contributed by atoms with Crippen molar-refractivity contribution in [3.8, 4) is 5.75 Å². The number of anilines is 1. The molecule has 0 atom stereocenters. The molecule has 1 heterocycles. The molecule has 1 fully saturated rings. The van der Waals surface area contributed by atoms with Crippen LogP contribution in [0.3, 0.4) is 0 Å². The van der Waals surface area contributed by atoms with Crippen LogP contribution in [0.25, 0.3) is 0 Å². The molecular formula is C23H30N2O3. The van der Waals surface area contributed by atoms with Crippen molar-refractivity contribution in [2.75, 3.05) is 38.2 Å². The molecule has 0 saturated carbocycles. The van der Waals surface area contributed by atoms with Gasteiger partial charge in [-0.05, 0) is 75.0 Å². The van der Waals surface area contributed by atoms with Gasteiger partial charge in [-0.15, -0.1) is 0 Å². The maximum absolute atomic E-state index is 12.0. The maximum Gasteiger partial charge on any atom is 0.262 e. The Morgan fingerprint density at radius 1 is 1.07 bits per heavy atom. The third-order valence-electron chi connectivity index (χ3n) is 4.99. The zero-order valence-corrected chi connectivity index (χ0v) is 16.6. The van der Waals surface area contributed by atoms with Gasteiger partial charge in [-0.1, -0.05) is 29.8 Å². The van der Waals surface area contributed by atoms with Crippen LogP contribution in [0.1, 0.15) is 24.0 Å². The molecule has 150 valence electrons. The third-order valence-corrected chi connectivity index (χ3v) is 4.99. The number of hydrogen-bond donors (Lipinski definition) is 2. The number of carbonyl (C=O) groups is 1. The van der Waals surface area contributed by atoms with Crippen molar-refractivity contribution >= 4 is 11.6 Å². The Labute approximate surface area is 167 Å². The lowest BCUT2D eigenvalue weighted by molar-refractivity contribution is -0.118. The van der Waals surface area contributed by atoms with E-state index in [1.54, 1.807) is 0 Å². The fourth-order valence-electron chi connectivity index (χ4n) is 3.22. The summed E-state index contributed by atoms with van der Waals surface area (Å²) in [5, 5.41) is 6.38. The van der Waals surface area contributed by atoms with Gasteiger partial charge in [-0.2, -0.15) is 0 Å². The van der Waals surface area contributed by atoms with E-state index in [2.05, 4.69) is 22.8 Å². The van der Waals surface area contributed by atoms with E-state index < -0.39 is 0 Å². The van der Waals surface area contributed by atoms with Crippen LogP contribution in [0.15, 0.2) is 48.5 Å². The van der Waals surface area contributed by atoms with Crippen LogP contribution in [0.2, 0.25) is 0 Å². The van der Waals surface area contributed by atoms with E-state index in [0.29, 0.717) is 5.75 Å². The van der Waals surface area contributed by atoms with Crippen LogP contribution < -0.4 is 15.4 Å². The molecule has 0 bridgehead atoms. The standard InChI is InChI=1S/C23H30N2O3/c1-18-2-6-21(7-3-18)25-23(26)17-28-22-8-4-19(5-9-22)10-13-24-16-20-11-14-27-15-12-20/h2-9,20,24H,10-17H2,1H3,(H,25,26). The Morgan fingerprint density at radius 3 is 2.50 bits per heavy atom. The molecule has 5 heteroatoms. The highest BCUT2D eigenvalue weighted by molar-refractivity contribution is 5.91. The van der Waals surface area contributed by atoms with Crippen LogP contribution in [0.4, 0.5) is 5.69 Å². The van der Waals surface area contributed by atoms with Gasteiger partial charge in [-0.25, -0.2) is 0 Å². The molecular weight excluding hydrogens is 352 g/mol.